The van der Waals surface area contributed by atoms with Crippen molar-refractivity contribution in [3.05, 3.63) is 53.3 Å². The van der Waals surface area contributed by atoms with Crippen LogP contribution < -0.4 is 26.0 Å². The van der Waals surface area contributed by atoms with E-state index < -0.39 is 23.5 Å². The smallest absolute Gasteiger partial charge is 0.338 e. The molecule has 0 heterocycles. The number of amides is 2. The molecule has 0 atom stereocenters. The summed E-state index contributed by atoms with van der Waals surface area (Å²) in [5.41, 5.74) is 7.18. The summed E-state index contributed by atoms with van der Waals surface area (Å²) < 4.78 is 51.6. The molecule has 0 unspecified atom stereocenters. The molecule has 7 nitrogen and oxygen atoms in total. The third-order valence-electron chi connectivity index (χ3n) is 3.34. The molecular formula is C17H18F3N3O4. The first-order valence-electron chi connectivity index (χ1n) is 7.76. The van der Waals surface area contributed by atoms with Gasteiger partial charge in [0.1, 0.15) is 30.5 Å². The third kappa shape index (κ3) is 5.68. The summed E-state index contributed by atoms with van der Waals surface area (Å²) in [5, 5.41) is 2.42. The molecule has 0 aliphatic carbocycles. The van der Waals surface area contributed by atoms with Crippen LogP contribution in [0.1, 0.15) is 5.56 Å². The zero-order valence-electron chi connectivity index (χ0n) is 14.4. The van der Waals surface area contributed by atoms with Gasteiger partial charge < -0.3 is 20.5 Å². The van der Waals surface area contributed by atoms with E-state index in [1.807, 2.05) is 5.48 Å². The standard InChI is InChI=1S/C17H18F3N3O4/c1-25-23-17(24)22-6-7-26-15-5-4-13(19)16(20)11(15)9-27-10-2-3-12(18)14(21)8-10/h2-5,8H,6-7,9,21H2,1H3,(H2,22,23,24). The lowest BCUT2D eigenvalue weighted by atomic mass is 10.2. The summed E-state index contributed by atoms with van der Waals surface area (Å²) in [7, 11) is 1.28. The highest BCUT2D eigenvalue weighted by Crippen LogP contribution is 2.26. The SMILES string of the molecule is CONC(=O)NCCOc1ccc(F)c(F)c1COc1ccc(F)c(N)c1. The van der Waals surface area contributed by atoms with Crippen molar-refractivity contribution in [2.45, 2.75) is 6.61 Å². The molecule has 0 bridgehead atoms. The highest BCUT2D eigenvalue weighted by Gasteiger charge is 2.16. The highest BCUT2D eigenvalue weighted by atomic mass is 19.2. The highest BCUT2D eigenvalue weighted by molar-refractivity contribution is 5.72. The molecule has 0 saturated heterocycles. The molecule has 2 rings (SSSR count). The summed E-state index contributed by atoms with van der Waals surface area (Å²) in [6.07, 6.45) is 0. The molecule has 10 heteroatoms. The van der Waals surface area contributed by atoms with Gasteiger partial charge in [-0.3, -0.25) is 4.84 Å². The molecular weight excluding hydrogens is 367 g/mol. The van der Waals surface area contributed by atoms with E-state index in [1.165, 1.54) is 25.3 Å². The zero-order valence-corrected chi connectivity index (χ0v) is 14.4. The molecule has 4 N–H and O–H groups in total. The Morgan fingerprint density at radius 3 is 2.56 bits per heavy atom. The molecule has 0 spiro atoms. The number of hydroxylamine groups is 1. The van der Waals surface area contributed by atoms with Gasteiger partial charge in [0, 0.05) is 6.07 Å². The van der Waals surface area contributed by atoms with Crippen LogP contribution in [-0.2, 0) is 11.4 Å². The molecule has 0 saturated carbocycles. The van der Waals surface area contributed by atoms with Crippen LogP contribution in [0.4, 0.5) is 23.7 Å². The van der Waals surface area contributed by atoms with Gasteiger partial charge in [-0.15, -0.1) is 0 Å². The number of hydrogen-bond acceptors (Lipinski definition) is 5. The number of hydrogen-bond donors (Lipinski definition) is 3. The summed E-state index contributed by atoms with van der Waals surface area (Å²) in [4.78, 5) is 15.6. The predicted octanol–water partition coefficient (Wildman–Crippen LogP) is 2.50. The zero-order chi connectivity index (χ0) is 19.8. The van der Waals surface area contributed by atoms with E-state index >= 15 is 0 Å². The lowest BCUT2D eigenvalue weighted by molar-refractivity contribution is 0.107. The third-order valence-corrected chi connectivity index (χ3v) is 3.34. The number of ether oxygens (including phenoxy) is 2. The second-order valence-corrected chi connectivity index (χ2v) is 5.22. The van der Waals surface area contributed by atoms with Crippen LogP contribution in [0.25, 0.3) is 0 Å². The largest absolute Gasteiger partial charge is 0.491 e. The van der Waals surface area contributed by atoms with Gasteiger partial charge >= 0.3 is 6.03 Å². The normalized spacial score (nSPS) is 10.4. The summed E-state index contributed by atoms with van der Waals surface area (Å²) in [6, 6.07) is 5.21. The minimum absolute atomic E-state index is 0.0152. The number of urea groups is 1. The van der Waals surface area contributed by atoms with Crippen LogP contribution >= 0.6 is 0 Å². The lowest BCUT2D eigenvalue weighted by Crippen LogP contribution is -2.37. The van der Waals surface area contributed by atoms with Gasteiger partial charge in [0.05, 0.1) is 24.9 Å². The Hall–Kier alpha value is -3.14. The summed E-state index contributed by atoms with van der Waals surface area (Å²) in [6.45, 7) is -0.302. The van der Waals surface area contributed by atoms with Crippen molar-refractivity contribution in [1.29, 1.82) is 0 Å². The van der Waals surface area contributed by atoms with E-state index in [9.17, 15) is 18.0 Å². The van der Waals surface area contributed by atoms with Crippen molar-refractivity contribution in [3.63, 3.8) is 0 Å². The molecule has 0 aliphatic heterocycles. The van der Waals surface area contributed by atoms with Crippen LogP contribution in [0.15, 0.2) is 30.3 Å². The maximum Gasteiger partial charge on any atom is 0.338 e. The van der Waals surface area contributed by atoms with Crippen LogP contribution in [-0.4, -0.2) is 26.3 Å². The maximum absolute atomic E-state index is 14.1. The Bertz CT molecular complexity index is 805. The van der Waals surface area contributed by atoms with Gasteiger partial charge in [-0.2, -0.15) is 0 Å². The molecule has 0 fully saturated rings. The Morgan fingerprint density at radius 2 is 1.85 bits per heavy atom. The first-order valence-corrected chi connectivity index (χ1v) is 7.76. The number of carbonyl (C=O) groups excluding carboxylic acids is 1. The van der Waals surface area contributed by atoms with Crippen LogP contribution in [0.5, 0.6) is 11.5 Å². The molecule has 2 amide bonds. The van der Waals surface area contributed by atoms with E-state index in [2.05, 4.69) is 10.2 Å². The number of benzene rings is 2. The van der Waals surface area contributed by atoms with E-state index in [4.69, 9.17) is 15.2 Å². The quantitative estimate of drug-likeness (QED) is 0.369. The molecule has 0 aliphatic rings. The van der Waals surface area contributed by atoms with Crippen molar-refractivity contribution in [2.75, 3.05) is 26.0 Å². The fourth-order valence-electron chi connectivity index (χ4n) is 2.07. The number of rotatable bonds is 8. The molecule has 0 radical (unpaired) electrons. The van der Waals surface area contributed by atoms with E-state index in [0.29, 0.717) is 0 Å². The number of halogens is 3. The number of anilines is 1. The Labute approximate surface area is 153 Å². The van der Waals surface area contributed by atoms with Crippen molar-refractivity contribution < 1.29 is 32.3 Å². The summed E-state index contributed by atoms with van der Waals surface area (Å²) in [5.74, 6) is -2.60. The fraction of sp³-hybridized carbons (Fsp3) is 0.235. The Kier molecular flexibility index (Phi) is 7.12. The number of nitrogens with two attached hydrogens (primary N) is 1. The lowest BCUT2D eigenvalue weighted by Gasteiger charge is -2.14. The van der Waals surface area contributed by atoms with Crippen molar-refractivity contribution in [2.24, 2.45) is 0 Å². The van der Waals surface area contributed by atoms with E-state index in [-0.39, 0.29) is 42.5 Å². The van der Waals surface area contributed by atoms with Crippen LogP contribution in [0.2, 0.25) is 0 Å². The van der Waals surface area contributed by atoms with Gasteiger partial charge in [-0.05, 0) is 24.3 Å². The van der Waals surface area contributed by atoms with Crippen molar-refractivity contribution >= 4 is 11.7 Å². The second kappa shape index (κ2) is 9.53. The maximum atomic E-state index is 14.1. The first-order chi connectivity index (χ1) is 12.9. The van der Waals surface area contributed by atoms with Crippen molar-refractivity contribution in [1.82, 2.24) is 10.8 Å². The molecule has 2 aromatic carbocycles. The number of nitrogen functional groups attached to an aromatic ring is 1. The van der Waals surface area contributed by atoms with Crippen LogP contribution in [0.3, 0.4) is 0 Å². The summed E-state index contributed by atoms with van der Waals surface area (Å²) >= 11 is 0. The van der Waals surface area contributed by atoms with Gasteiger partial charge in [-0.25, -0.2) is 23.4 Å². The minimum Gasteiger partial charge on any atom is -0.491 e. The minimum atomic E-state index is -1.13. The fourth-order valence-corrected chi connectivity index (χ4v) is 2.07. The van der Waals surface area contributed by atoms with E-state index in [0.717, 1.165) is 12.1 Å². The second-order valence-electron chi connectivity index (χ2n) is 5.22. The topological polar surface area (TPSA) is 94.8 Å². The van der Waals surface area contributed by atoms with Crippen LogP contribution in [0, 0.1) is 17.5 Å². The van der Waals surface area contributed by atoms with E-state index in [1.54, 1.807) is 0 Å². The first kappa shape index (κ1) is 20.2. The number of nitrogens with one attached hydrogen (secondary N) is 2. The average Bonchev–Trinajstić information content (AvgIpc) is 2.64. The van der Waals surface area contributed by atoms with Crippen molar-refractivity contribution in [3.8, 4) is 11.5 Å². The Morgan fingerprint density at radius 1 is 1.11 bits per heavy atom. The van der Waals surface area contributed by atoms with Gasteiger partial charge in [0.25, 0.3) is 0 Å². The molecule has 2 aromatic rings. The monoisotopic (exact) mass is 385 g/mol. The number of carbonyl (C=O) groups is 1. The van der Waals surface area contributed by atoms with Gasteiger partial charge in [0.15, 0.2) is 11.6 Å². The predicted molar refractivity (Wildman–Crippen MR) is 90.5 cm³/mol. The Balaban J connectivity index is 2.02. The van der Waals surface area contributed by atoms with Gasteiger partial charge in [0.2, 0.25) is 0 Å². The van der Waals surface area contributed by atoms with Gasteiger partial charge in [-0.1, -0.05) is 0 Å². The molecule has 146 valence electrons. The average molecular weight is 385 g/mol. The molecule has 0 aromatic heterocycles. The molecule has 27 heavy (non-hydrogen) atoms.